The molecule has 172 valence electrons. The Morgan fingerprint density at radius 1 is 1.12 bits per heavy atom. The number of methoxy groups -OCH3 is 1. The molecular formula is C25H24BrClN2O3S. The van der Waals surface area contributed by atoms with Gasteiger partial charge in [-0.3, -0.25) is 4.79 Å². The van der Waals surface area contributed by atoms with E-state index in [0.29, 0.717) is 28.9 Å². The first-order valence-corrected chi connectivity index (χ1v) is 12.5. The van der Waals surface area contributed by atoms with E-state index in [1.165, 1.54) is 11.1 Å². The zero-order valence-corrected chi connectivity index (χ0v) is 21.5. The third-order valence-electron chi connectivity index (χ3n) is 4.57. The van der Waals surface area contributed by atoms with Gasteiger partial charge in [0.15, 0.2) is 11.5 Å². The Morgan fingerprint density at radius 2 is 1.82 bits per heavy atom. The van der Waals surface area contributed by atoms with E-state index in [9.17, 15) is 4.79 Å². The normalized spacial score (nSPS) is 10.9. The molecule has 0 aliphatic rings. The minimum absolute atomic E-state index is 0.155. The molecule has 0 aliphatic heterocycles. The van der Waals surface area contributed by atoms with Gasteiger partial charge >= 0.3 is 0 Å². The Labute approximate surface area is 211 Å². The highest BCUT2D eigenvalue weighted by atomic mass is 79.9. The van der Waals surface area contributed by atoms with Crippen molar-refractivity contribution in [1.29, 1.82) is 0 Å². The molecule has 0 heterocycles. The topological polar surface area (TPSA) is 59.9 Å². The molecule has 0 atom stereocenters. The summed E-state index contributed by atoms with van der Waals surface area (Å²) >= 11 is 11.0. The van der Waals surface area contributed by atoms with Gasteiger partial charge in [-0.1, -0.05) is 53.6 Å². The van der Waals surface area contributed by atoms with Crippen LogP contribution in [0, 0.1) is 6.92 Å². The lowest BCUT2D eigenvalue weighted by molar-refractivity contribution is -0.118. The summed E-state index contributed by atoms with van der Waals surface area (Å²) in [6, 6.07) is 19.4. The number of thioether (sulfide) groups is 1. The molecule has 0 saturated heterocycles. The van der Waals surface area contributed by atoms with Crippen LogP contribution in [0.25, 0.3) is 0 Å². The molecule has 1 N–H and O–H groups in total. The first-order chi connectivity index (χ1) is 15.9. The zero-order valence-electron chi connectivity index (χ0n) is 18.3. The largest absolute Gasteiger partial charge is 0.493 e. The average Bonchev–Trinajstić information content (AvgIpc) is 2.80. The van der Waals surface area contributed by atoms with Crippen molar-refractivity contribution in [3.05, 3.63) is 92.4 Å². The van der Waals surface area contributed by atoms with E-state index in [-0.39, 0.29) is 5.91 Å². The van der Waals surface area contributed by atoms with Crippen LogP contribution in [0.4, 0.5) is 0 Å². The fourth-order valence-corrected chi connectivity index (χ4v) is 4.33. The molecule has 0 saturated carbocycles. The molecule has 0 unspecified atom stereocenters. The molecule has 0 spiro atoms. The fourth-order valence-electron chi connectivity index (χ4n) is 2.85. The fraction of sp³-hybridized carbons (Fsp3) is 0.200. The van der Waals surface area contributed by atoms with Crippen LogP contribution < -0.4 is 14.9 Å². The zero-order chi connectivity index (χ0) is 23.6. The molecule has 0 bridgehead atoms. The van der Waals surface area contributed by atoms with Crippen molar-refractivity contribution in [2.45, 2.75) is 19.3 Å². The lowest BCUT2D eigenvalue weighted by Gasteiger charge is -2.13. The molecule has 3 aromatic rings. The van der Waals surface area contributed by atoms with E-state index >= 15 is 0 Å². The number of benzene rings is 3. The third-order valence-corrected chi connectivity index (χ3v) is 6.42. The van der Waals surface area contributed by atoms with Crippen LogP contribution in [0.3, 0.4) is 0 Å². The van der Waals surface area contributed by atoms with Crippen LogP contribution in [0.15, 0.2) is 70.2 Å². The van der Waals surface area contributed by atoms with Crippen LogP contribution in [0.1, 0.15) is 22.3 Å². The Morgan fingerprint density at radius 3 is 2.52 bits per heavy atom. The first-order valence-electron chi connectivity index (χ1n) is 10.1. The van der Waals surface area contributed by atoms with Crippen molar-refractivity contribution in [3.63, 3.8) is 0 Å². The molecule has 8 heteroatoms. The lowest BCUT2D eigenvalue weighted by atomic mass is 10.2. The third kappa shape index (κ3) is 8.11. The second kappa shape index (κ2) is 12.7. The van der Waals surface area contributed by atoms with Crippen molar-refractivity contribution >= 4 is 51.4 Å². The molecule has 5 nitrogen and oxygen atoms in total. The summed E-state index contributed by atoms with van der Waals surface area (Å²) < 4.78 is 12.1. The molecule has 0 aliphatic carbocycles. The van der Waals surface area contributed by atoms with E-state index in [4.69, 9.17) is 21.1 Å². The Balaban J connectivity index is 1.52. The number of carbonyl (C=O) groups excluding carboxylic acids is 1. The Kier molecular flexibility index (Phi) is 9.66. The van der Waals surface area contributed by atoms with Gasteiger partial charge in [-0.05, 0) is 63.8 Å². The number of ether oxygens (including phenoxy) is 2. The highest BCUT2D eigenvalue weighted by molar-refractivity contribution is 9.10. The number of nitrogens with zero attached hydrogens (tertiary/aromatic N) is 1. The van der Waals surface area contributed by atoms with E-state index in [0.717, 1.165) is 21.4 Å². The number of halogens is 2. The number of rotatable bonds is 10. The summed E-state index contributed by atoms with van der Waals surface area (Å²) in [6.07, 6.45) is 1.57. The number of hydrogen-bond donors (Lipinski definition) is 1. The molecule has 0 aromatic heterocycles. The van der Waals surface area contributed by atoms with Gasteiger partial charge in [0.1, 0.15) is 6.61 Å². The van der Waals surface area contributed by atoms with E-state index in [1.54, 1.807) is 31.2 Å². The van der Waals surface area contributed by atoms with E-state index in [2.05, 4.69) is 57.6 Å². The lowest BCUT2D eigenvalue weighted by Crippen LogP contribution is -2.19. The average molecular weight is 548 g/mol. The Bertz CT molecular complexity index is 1110. The quantitative estimate of drug-likeness (QED) is 0.236. The number of carbonyl (C=O) groups is 1. The second-order valence-electron chi connectivity index (χ2n) is 7.22. The smallest absolute Gasteiger partial charge is 0.250 e. The Hall–Kier alpha value is -2.48. The van der Waals surface area contributed by atoms with Gasteiger partial charge in [0.05, 0.1) is 23.5 Å². The monoisotopic (exact) mass is 546 g/mol. The SMILES string of the molecule is COc1cc(/C=N\NC(=O)CSCc2ccc(C)cc2)cc(Br)c1OCc1ccc(Cl)cc1. The van der Waals surface area contributed by atoms with Gasteiger partial charge < -0.3 is 9.47 Å². The van der Waals surface area contributed by atoms with Gasteiger partial charge in [-0.15, -0.1) is 11.8 Å². The van der Waals surface area contributed by atoms with Crippen LogP contribution >= 0.6 is 39.3 Å². The van der Waals surface area contributed by atoms with Crippen molar-refractivity contribution in [1.82, 2.24) is 5.43 Å². The molecule has 3 aromatic carbocycles. The van der Waals surface area contributed by atoms with Crippen LogP contribution in [-0.4, -0.2) is 25.0 Å². The van der Waals surface area contributed by atoms with Crippen molar-refractivity contribution in [2.75, 3.05) is 12.9 Å². The molecule has 1 amide bonds. The van der Waals surface area contributed by atoms with Crippen LogP contribution in [0.2, 0.25) is 5.02 Å². The predicted octanol–water partition coefficient (Wildman–Crippen LogP) is 6.38. The summed E-state index contributed by atoms with van der Waals surface area (Å²) in [6.45, 7) is 2.42. The maximum Gasteiger partial charge on any atom is 0.250 e. The maximum atomic E-state index is 12.1. The van der Waals surface area contributed by atoms with E-state index < -0.39 is 0 Å². The number of aryl methyl sites for hydroxylation is 1. The van der Waals surface area contributed by atoms with Crippen LogP contribution in [0.5, 0.6) is 11.5 Å². The van der Waals surface area contributed by atoms with Crippen molar-refractivity contribution in [3.8, 4) is 11.5 Å². The van der Waals surface area contributed by atoms with Crippen molar-refractivity contribution in [2.24, 2.45) is 5.10 Å². The van der Waals surface area contributed by atoms with Crippen LogP contribution in [-0.2, 0) is 17.2 Å². The standard InChI is InChI=1S/C25H24BrClN2O3S/c1-17-3-5-19(6-4-17)15-33-16-24(30)29-28-13-20-11-22(26)25(23(12-20)31-2)32-14-18-7-9-21(27)10-8-18/h3-13H,14-16H2,1-2H3,(H,29,30)/b28-13-. The molecule has 33 heavy (non-hydrogen) atoms. The summed E-state index contributed by atoms with van der Waals surface area (Å²) in [4.78, 5) is 12.1. The maximum absolute atomic E-state index is 12.1. The van der Waals surface area contributed by atoms with Gasteiger partial charge in [0.25, 0.3) is 0 Å². The molecule has 3 rings (SSSR count). The van der Waals surface area contributed by atoms with Gasteiger partial charge in [0, 0.05) is 10.8 Å². The van der Waals surface area contributed by atoms with Gasteiger partial charge in [-0.25, -0.2) is 5.43 Å². The number of hydrazone groups is 1. The highest BCUT2D eigenvalue weighted by Gasteiger charge is 2.12. The second-order valence-corrected chi connectivity index (χ2v) is 9.50. The minimum Gasteiger partial charge on any atom is -0.493 e. The van der Waals surface area contributed by atoms with Gasteiger partial charge in [-0.2, -0.15) is 5.10 Å². The van der Waals surface area contributed by atoms with E-state index in [1.807, 2.05) is 30.3 Å². The van der Waals surface area contributed by atoms with Gasteiger partial charge in [0.2, 0.25) is 5.91 Å². The molecule has 0 fully saturated rings. The number of amides is 1. The number of hydrogen-bond acceptors (Lipinski definition) is 5. The predicted molar refractivity (Wildman–Crippen MR) is 140 cm³/mol. The number of nitrogens with one attached hydrogen (secondary N) is 1. The molecule has 0 radical (unpaired) electrons. The highest BCUT2D eigenvalue weighted by Crippen LogP contribution is 2.37. The molecular weight excluding hydrogens is 524 g/mol. The van der Waals surface area contributed by atoms with Crippen molar-refractivity contribution < 1.29 is 14.3 Å². The summed E-state index contributed by atoms with van der Waals surface area (Å²) in [5.41, 5.74) is 6.72. The first kappa shape index (κ1) is 25.1. The summed E-state index contributed by atoms with van der Waals surface area (Å²) in [5, 5.41) is 4.74. The summed E-state index contributed by atoms with van der Waals surface area (Å²) in [7, 11) is 1.57. The summed E-state index contributed by atoms with van der Waals surface area (Å²) in [5.74, 6) is 2.09. The minimum atomic E-state index is -0.155.